The van der Waals surface area contributed by atoms with Crippen molar-refractivity contribution in [2.75, 3.05) is 36.4 Å². The molecule has 2 aromatic rings. The molecule has 2 heterocycles. The van der Waals surface area contributed by atoms with Crippen LogP contribution in [0.4, 0.5) is 17.5 Å². The van der Waals surface area contributed by atoms with Crippen molar-refractivity contribution in [3.8, 4) is 0 Å². The SMILES string of the molecule is O=CN1CCN(c2cnnc(Nc3cccc(Cl)c3Cl)n2)CC1. The van der Waals surface area contributed by atoms with E-state index in [1.54, 1.807) is 29.3 Å². The molecular formula is C14H14Cl2N6O. The van der Waals surface area contributed by atoms with Gasteiger partial charge in [-0.2, -0.15) is 10.1 Å². The second-order valence-electron chi connectivity index (χ2n) is 4.99. The van der Waals surface area contributed by atoms with Gasteiger partial charge in [0.05, 0.1) is 21.9 Å². The molecule has 1 N–H and O–H groups in total. The monoisotopic (exact) mass is 352 g/mol. The van der Waals surface area contributed by atoms with Gasteiger partial charge in [0.1, 0.15) is 0 Å². The van der Waals surface area contributed by atoms with Gasteiger partial charge in [0.15, 0.2) is 5.82 Å². The minimum Gasteiger partial charge on any atom is -0.352 e. The van der Waals surface area contributed by atoms with Gasteiger partial charge in [0, 0.05) is 26.2 Å². The van der Waals surface area contributed by atoms with E-state index in [9.17, 15) is 4.79 Å². The summed E-state index contributed by atoms with van der Waals surface area (Å²) in [7, 11) is 0. The molecule has 1 saturated heterocycles. The van der Waals surface area contributed by atoms with Crippen molar-refractivity contribution in [3.05, 3.63) is 34.4 Å². The summed E-state index contributed by atoms with van der Waals surface area (Å²) in [6.07, 6.45) is 2.46. The maximum absolute atomic E-state index is 10.8. The number of carbonyl (C=O) groups excluding carboxylic acids is 1. The number of nitrogens with zero attached hydrogens (tertiary/aromatic N) is 5. The van der Waals surface area contributed by atoms with E-state index in [1.807, 2.05) is 0 Å². The van der Waals surface area contributed by atoms with Crippen molar-refractivity contribution >= 4 is 47.1 Å². The van der Waals surface area contributed by atoms with Gasteiger partial charge in [-0.05, 0) is 12.1 Å². The largest absolute Gasteiger partial charge is 0.352 e. The third-order valence-electron chi connectivity index (χ3n) is 3.53. The Balaban J connectivity index is 1.75. The fourth-order valence-corrected chi connectivity index (χ4v) is 2.63. The number of halogens is 2. The van der Waals surface area contributed by atoms with Gasteiger partial charge in [0.25, 0.3) is 0 Å². The third-order valence-corrected chi connectivity index (χ3v) is 4.35. The van der Waals surface area contributed by atoms with Crippen LogP contribution in [0.3, 0.4) is 0 Å². The van der Waals surface area contributed by atoms with Crippen LogP contribution < -0.4 is 10.2 Å². The molecule has 0 radical (unpaired) electrons. The predicted octanol–water partition coefficient (Wildman–Crippen LogP) is 2.20. The maximum atomic E-state index is 10.8. The van der Waals surface area contributed by atoms with E-state index in [-0.39, 0.29) is 0 Å². The summed E-state index contributed by atoms with van der Waals surface area (Å²) < 4.78 is 0. The van der Waals surface area contributed by atoms with Gasteiger partial charge in [-0.1, -0.05) is 29.3 Å². The van der Waals surface area contributed by atoms with Gasteiger partial charge in [-0.15, -0.1) is 5.10 Å². The first-order valence-corrected chi connectivity index (χ1v) is 7.78. The summed E-state index contributed by atoms with van der Waals surface area (Å²) in [6, 6.07) is 5.27. The van der Waals surface area contributed by atoms with E-state index < -0.39 is 0 Å². The number of nitrogens with one attached hydrogen (secondary N) is 1. The van der Waals surface area contributed by atoms with Crippen molar-refractivity contribution in [1.29, 1.82) is 0 Å². The summed E-state index contributed by atoms with van der Waals surface area (Å²) in [5.74, 6) is 1.04. The van der Waals surface area contributed by atoms with Gasteiger partial charge >= 0.3 is 0 Å². The quantitative estimate of drug-likeness (QED) is 0.850. The third kappa shape index (κ3) is 3.62. The van der Waals surface area contributed by atoms with Crippen molar-refractivity contribution in [3.63, 3.8) is 0 Å². The molecule has 0 bridgehead atoms. The minimum absolute atomic E-state index is 0.337. The standard InChI is InChI=1S/C14H14Cl2N6O/c15-10-2-1-3-11(13(10)16)18-14-19-12(8-17-20-14)22-6-4-21(9-23)5-7-22/h1-3,8-9H,4-7H2,(H,18,19,20). The van der Waals surface area contributed by atoms with Crippen LogP contribution >= 0.6 is 23.2 Å². The molecule has 1 fully saturated rings. The van der Waals surface area contributed by atoms with E-state index in [0.29, 0.717) is 53.7 Å². The Morgan fingerprint density at radius 2 is 1.96 bits per heavy atom. The number of piperazine rings is 1. The van der Waals surface area contributed by atoms with E-state index >= 15 is 0 Å². The highest BCUT2D eigenvalue weighted by atomic mass is 35.5. The average Bonchev–Trinajstić information content (AvgIpc) is 2.59. The van der Waals surface area contributed by atoms with E-state index in [2.05, 4.69) is 25.4 Å². The highest BCUT2D eigenvalue weighted by molar-refractivity contribution is 6.43. The molecule has 0 saturated carbocycles. The Morgan fingerprint density at radius 1 is 1.17 bits per heavy atom. The first-order chi connectivity index (χ1) is 11.2. The molecule has 3 rings (SSSR count). The molecule has 1 aromatic carbocycles. The summed E-state index contributed by atoms with van der Waals surface area (Å²) >= 11 is 12.1. The second-order valence-corrected chi connectivity index (χ2v) is 5.78. The number of amides is 1. The van der Waals surface area contributed by atoms with Gasteiger partial charge in [0.2, 0.25) is 12.4 Å². The van der Waals surface area contributed by atoms with Crippen LogP contribution in [0, 0.1) is 0 Å². The Morgan fingerprint density at radius 3 is 2.70 bits per heavy atom. The predicted molar refractivity (Wildman–Crippen MR) is 89.4 cm³/mol. The molecular weight excluding hydrogens is 339 g/mol. The van der Waals surface area contributed by atoms with Crippen LogP contribution in [0.5, 0.6) is 0 Å². The Kier molecular flexibility index (Phi) is 4.78. The van der Waals surface area contributed by atoms with Gasteiger partial charge in [-0.25, -0.2) is 0 Å². The van der Waals surface area contributed by atoms with Crippen molar-refractivity contribution in [2.45, 2.75) is 0 Å². The number of anilines is 3. The lowest BCUT2D eigenvalue weighted by atomic mass is 10.3. The lowest BCUT2D eigenvalue weighted by molar-refractivity contribution is -0.118. The Bertz CT molecular complexity index is 705. The number of rotatable bonds is 4. The van der Waals surface area contributed by atoms with Gasteiger partial charge in [-0.3, -0.25) is 4.79 Å². The molecule has 7 nitrogen and oxygen atoms in total. The first kappa shape index (κ1) is 15.8. The van der Waals surface area contributed by atoms with Crippen LogP contribution in [0.1, 0.15) is 0 Å². The molecule has 1 aromatic heterocycles. The van der Waals surface area contributed by atoms with Crippen LogP contribution in [-0.2, 0) is 4.79 Å². The molecule has 0 unspecified atom stereocenters. The number of hydrogen-bond acceptors (Lipinski definition) is 6. The number of aromatic nitrogens is 3. The van der Waals surface area contributed by atoms with Crippen molar-refractivity contribution in [1.82, 2.24) is 20.1 Å². The zero-order valence-corrected chi connectivity index (χ0v) is 13.6. The molecule has 0 atom stereocenters. The fraction of sp³-hybridized carbons (Fsp3) is 0.286. The first-order valence-electron chi connectivity index (χ1n) is 7.02. The Hall–Kier alpha value is -2.12. The summed E-state index contributed by atoms with van der Waals surface area (Å²) in [4.78, 5) is 19.0. The lowest BCUT2D eigenvalue weighted by Gasteiger charge is -2.33. The number of hydrogen-bond donors (Lipinski definition) is 1. The zero-order chi connectivity index (χ0) is 16.2. The smallest absolute Gasteiger partial charge is 0.249 e. The minimum atomic E-state index is 0.337. The molecule has 0 spiro atoms. The van der Waals surface area contributed by atoms with Gasteiger partial charge < -0.3 is 15.1 Å². The van der Waals surface area contributed by atoms with Crippen LogP contribution in [0.15, 0.2) is 24.4 Å². The highest BCUT2D eigenvalue weighted by Gasteiger charge is 2.17. The van der Waals surface area contributed by atoms with Crippen LogP contribution in [0.25, 0.3) is 0 Å². The topological polar surface area (TPSA) is 74.2 Å². The molecule has 1 aliphatic heterocycles. The molecule has 9 heteroatoms. The van der Waals surface area contributed by atoms with E-state index in [0.717, 1.165) is 6.41 Å². The molecule has 120 valence electrons. The summed E-state index contributed by atoms with van der Waals surface area (Å²) in [6.45, 7) is 2.73. The molecule has 0 aliphatic carbocycles. The zero-order valence-electron chi connectivity index (χ0n) is 12.1. The normalized spacial score (nSPS) is 14.7. The fourth-order valence-electron chi connectivity index (χ4n) is 2.28. The van der Waals surface area contributed by atoms with Crippen LogP contribution in [0.2, 0.25) is 10.0 Å². The number of carbonyl (C=O) groups is 1. The number of benzene rings is 1. The molecule has 23 heavy (non-hydrogen) atoms. The van der Waals surface area contributed by atoms with Crippen molar-refractivity contribution < 1.29 is 4.79 Å². The second kappa shape index (κ2) is 6.97. The highest BCUT2D eigenvalue weighted by Crippen LogP contribution is 2.31. The van der Waals surface area contributed by atoms with E-state index in [4.69, 9.17) is 23.2 Å². The maximum Gasteiger partial charge on any atom is 0.249 e. The average molecular weight is 353 g/mol. The summed E-state index contributed by atoms with van der Waals surface area (Å²) in [5.41, 5.74) is 0.615. The summed E-state index contributed by atoms with van der Waals surface area (Å²) in [5, 5.41) is 11.8. The van der Waals surface area contributed by atoms with Crippen molar-refractivity contribution in [2.24, 2.45) is 0 Å². The lowest BCUT2D eigenvalue weighted by Crippen LogP contribution is -2.46. The van der Waals surface area contributed by atoms with Crippen LogP contribution in [-0.4, -0.2) is 52.7 Å². The molecule has 1 aliphatic rings. The Labute approximate surface area is 143 Å². The molecule has 1 amide bonds. The van der Waals surface area contributed by atoms with E-state index in [1.165, 1.54) is 0 Å².